The van der Waals surface area contributed by atoms with E-state index in [-0.39, 0.29) is 23.1 Å². The molecule has 1 unspecified atom stereocenters. The molecule has 0 radical (unpaired) electrons. The van der Waals surface area contributed by atoms with E-state index in [1.807, 2.05) is 6.92 Å². The van der Waals surface area contributed by atoms with Crippen molar-refractivity contribution in [2.24, 2.45) is 5.41 Å². The van der Waals surface area contributed by atoms with Gasteiger partial charge in [0, 0.05) is 6.04 Å². The van der Waals surface area contributed by atoms with Crippen molar-refractivity contribution in [1.29, 1.82) is 0 Å². The Morgan fingerprint density at radius 2 is 2.05 bits per heavy atom. The fourth-order valence-corrected chi connectivity index (χ4v) is 2.85. The Balaban J connectivity index is 2.02. The fraction of sp³-hybridized carbons (Fsp3) is 0.500. The van der Waals surface area contributed by atoms with Crippen LogP contribution in [-0.2, 0) is 0 Å². The Morgan fingerprint density at radius 3 is 2.62 bits per heavy atom. The van der Waals surface area contributed by atoms with Crippen LogP contribution < -0.4 is 10.6 Å². The van der Waals surface area contributed by atoms with Crippen LogP contribution in [-0.4, -0.2) is 23.1 Å². The highest BCUT2D eigenvalue weighted by Crippen LogP contribution is 2.36. The molecule has 0 saturated heterocycles. The predicted molar refractivity (Wildman–Crippen MR) is 81.7 cm³/mol. The van der Waals surface area contributed by atoms with Gasteiger partial charge in [0.15, 0.2) is 0 Å². The highest BCUT2D eigenvalue weighted by Gasteiger charge is 2.31. The van der Waals surface area contributed by atoms with Crippen molar-refractivity contribution in [3.8, 4) is 0 Å². The standard InChI is InChI=1S/C16H22N2O3/c1-10-4-5-13(12(8-10)14(19)20)18-15(21)17-11-6-7-16(2,3)9-11/h4-5,8,11H,6-7,9H2,1-3H3,(H,19,20)(H2,17,18,21). The van der Waals surface area contributed by atoms with Gasteiger partial charge in [-0.15, -0.1) is 0 Å². The second kappa shape index (κ2) is 5.76. The number of anilines is 1. The van der Waals surface area contributed by atoms with E-state index in [0.717, 1.165) is 24.8 Å². The zero-order chi connectivity index (χ0) is 15.6. The summed E-state index contributed by atoms with van der Waals surface area (Å²) in [5, 5.41) is 14.7. The van der Waals surface area contributed by atoms with Gasteiger partial charge in [-0.1, -0.05) is 25.5 Å². The third-order valence-corrected chi connectivity index (χ3v) is 3.96. The van der Waals surface area contributed by atoms with E-state index in [2.05, 4.69) is 24.5 Å². The first-order chi connectivity index (χ1) is 9.77. The highest BCUT2D eigenvalue weighted by molar-refractivity contribution is 6.00. The Bertz CT molecular complexity index is 567. The van der Waals surface area contributed by atoms with Gasteiger partial charge < -0.3 is 15.7 Å². The van der Waals surface area contributed by atoms with Gasteiger partial charge in [-0.3, -0.25) is 0 Å². The molecule has 5 heteroatoms. The number of amides is 2. The number of aryl methyl sites for hydroxylation is 1. The van der Waals surface area contributed by atoms with Gasteiger partial charge in [0.05, 0.1) is 11.3 Å². The molecule has 0 bridgehead atoms. The SMILES string of the molecule is Cc1ccc(NC(=O)NC2CCC(C)(C)C2)c(C(=O)O)c1. The lowest BCUT2D eigenvalue weighted by atomic mass is 9.92. The minimum atomic E-state index is -1.05. The zero-order valence-corrected chi connectivity index (χ0v) is 12.7. The zero-order valence-electron chi connectivity index (χ0n) is 12.7. The van der Waals surface area contributed by atoms with Crippen LogP contribution in [0, 0.1) is 12.3 Å². The second-order valence-electron chi connectivity index (χ2n) is 6.56. The molecule has 5 nitrogen and oxygen atoms in total. The average molecular weight is 290 g/mol. The monoisotopic (exact) mass is 290 g/mol. The molecule has 1 aromatic rings. The molecule has 0 aromatic heterocycles. The van der Waals surface area contributed by atoms with Crippen LogP contribution in [0.4, 0.5) is 10.5 Å². The molecule has 114 valence electrons. The molecule has 1 saturated carbocycles. The highest BCUT2D eigenvalue weighted by atomic mass is 16.4. The first-order valence-electron chi connectivity index (χ1n) is 7.18. The third kappa shape index (κ3) is 3.97. The van der Waals surface area contributed by atoms with Gasteiger partial charge in [0.1, 0.15) is 0 Å². The smallest absolute Gasteiger partial charge is 0.337 e. The number of carbonyl (C=O) groups excluding carboxylic acids is 1. The van der Waals surface area contributed by atoms with Crippen molar-refractivity contribution in [2.45, 2.75) is 46.1 Å². The van der Waals surface area contributed by atoms with Crippen molar-refractivity contribution in [3.05, 3.63) is 29.3 Å². The van der Waals surface area contributed by atoms with Gasteiger partial charge in [-0.05, 0) is 43.7 Å². The molecular weight excluding hydrogens is 268 g/mol. The minimum absolute atomic E-state index is 0.108. The van der Waals surface area contributed by atoms with Crippen molar-refractivity contribution in [2.75, 3.05) is 5.32 Å². The number of benzene rings is 1. The molecule has 0 spiro atoms. The maximum Gasteiger partial charge on any atom is 0.337 e. The number of carboxylic acids is 1. The second-order valence-corrected chi connectivity index (χ2v) is 6.56. The lowest BCUT2D eigenvalue weighted by molar-refractivity contribution is 0.0698. The normalized spacial score (nSPS) is 20.0. The van der Waals surface area contributed by atoms with E-state index >= 15 is 0 Å². The Labute approximate surface area is 124 Å². The van der Waals surface area contributed by atoms with Gasteiger partial charge in [0.25, 0.3) is 0 Å². The van der Waals surface area contributed by atoms with E-state index in [0.29, 0.717) is 5.69 Å². The van der Waals surface area contributed by atoms with Crippen LogP contribution in [0.5, 0.6) is 0 Å². The van der Waals surface area contributed by atoms with Crippen LogP contribution in [0.25, 0.3) is 0 Å². The van der Waals surface area contributed by atoms with E-state index in [9.17, 15) is 14.7 Å². The van der Waals surface area contributed by atoms with Gasteiger partial charge >= 0.3 is 12.0 Å². The molecule has 1 atom stereocenters. The van der Waals surface area contributed by atoms with Crippen molar-refractivity contribution >= 4 is 17.7 Å². The molecule has 1 aliphatic carbocycles. The molecular formula is C16H22N2O3. The summed E-state index contributed by atoms with van der Waals surface area (Å²) >= 11 is 0. The summed E-state index contributed by atoms with van der Waals surface area (Å²) in [5.41, 5.74) is 1.53. The molecule has 0 heterocycles. The summed E-state index contributed by atoms with van der Waals surface area (Å²) < 4.78 is 0. The summed E-state index contributed by atoms with van der Waals surface area (Å²) in [6.07, 6.45) is 2.99. The molecule has 2 rings (SSSR count). The summed E-state index contributed by atoms with van der Waals surface area (Å²) in [4.78, 5) is 23.2. The maximum atomic E-state index is 12.0. The largest absolute Gasteiger partial charge is 0.478 e. The van der Waals surface area contributed by atoms with Crippen molar-refractivity contribution in [1.82, 2.24) is 5.32 Å². The fourth-order valence-electron chi connectivity index (χ4n) is 2.85. The first-order valence-corrected chi connectivity index (χ1v) is 7.18. The number of urea groups is 1. The van der Waals surface area contributed by atoms with Gasteiger partial charge in [0.2, 0.25) is 0 Å². The third-order valence-electron chi connectivity index (χ3n) is 3.96. The molecule has 1 fully saturated rings. The predicted octanol–water partition coefficient (Wildman–Crippen LogP) is 3.39. The van der Waals surface area contributed by atoms with Crippen LogP contribution in [0.1, 0.15) is 49.0 Å². The number of hydrogen-bond donors (Lipinski definition) is 3. The maximum absolute atomic E-state index is 12.0. The van der Waals surface area contributed by atoms with E-state index < -0.39 is 5.97 Å². The van der Waals surface area contributed by atoms with Crippen molar-refractivity contribution < 1.29 is 14.7 Å². The van der Waals surface area contributed by atoms with E-state index in [4.69, 9.17) is 0 Å². The number of aromatic carboxylic acids is 1. The number of rotatable bonds is 3. The van der Waals surface area contributed by atoms with E-state index in [1.165, 1.54) is 0 Å². The summed E-state index contributed by atoms with van der Waals surface area (Å²) in [5.74, 6) is -1.05. The summed E-state index contributed by atoms with van der Waals surface area (Å²) in [6, 6.07) is 4.76. The Kier molecular flexibility index (Phi) is 4.21. The van der Waals surface area contributed by atoms with Gasteiger partial charge in [-0.2, -0.15) is 0 Å². The van der Waals surface area contributed by atoms with Crippen LogP contribution in [0.2, 0.25) is 0 Å². The number of nitrogens with one attached hydrogen (secondary N) is 2. The van der Waals surface area contributed by atoms with E-state index in [1.54, 1.807) is 18.2 Å². The molecule has 1 aromatic carbocycles. The topological polar surface area (TPSA) is 78.4 Å². The van der Waals surface area contributed by atoms with Crippen LogP contribution >= 0.6 is 0 Å². The average Bonchev–Trinajstić information content (AvgIpc) is 2.70. The summed E-state index contributed by atoms with van der Waals surface area (Å²) in [6.45, 7) is 6.20. The van der Waals surface area contributed by atoms with Crippen LogP contribution in [0.15, 0.2) is 18.2 Å². The Hall–Kier alpha value is -2.04. The number of carboxylic acid groups (broad SMARTS) is 1. The van der Waals surface area contributed by atoms with Crippen LogP contribution in [0.3, 0.4) is 0 Å². The number of hydrogen-bond acceptors (Lipinski definition) is 2. The quantitative estimate of drug-likeness (QED) is 0.798. The molecule has 21 heavy (non-hydrogen) atoms. The first kappa shape index (κ1) is 15.4. The molecule has 3 N–H and O–H groups in total. The minimum Gasteiger partial charge on any atom is -0.478 e. The lowest BCUT2D eigenvalue weighted by Crippen LogP contribution is -2.37. The summed E-state index contributed by atoms with van der Waals surface area (Å²) in [7, 11) is 0. The van der Waals surface area contributed by atoms with Gasteiger partial charge in [-0.25, -0.2) is 9.59 Å². The molecule has 2 amide bonds. The lowest BCUT2D eigenvalue weighted by Gasteiger charge is -2.18. The Morgan fingerprint density at radius 1 is 1.33 bits per heavy atom. The number of carbonyl (C=O) groups is 2. The molecule has 1 aliphatic rings. The van der Waals surface area contributed by atoms with Crippen molar-refractivity contribution in [3.63, 3.8) is 0 Å². The molecule has 0 aliphatic heterocycles.